The first kappa shape index (κ1) is 12.6. The van der Waals surface area contributed by atoms with Gasteiger partial charge in [0.25, 0.3) is 9.05 Å². The molecule has 17 heavy (non-hydrogen) atoms. The zero-order valence-electron chi connectivity index (χ0n) is 9.72. The fourth-order valence-electron chi connectivity index (χ4n) is 2.33. The zero-order valence-corrected chi connectivity index (χ0v) is 11.3. The summed E-state index contributed by atoms with van der Waals surface area (Å²) in [7, 11) is 5.40. The molecule has 0 heterocycles. The lowest BCUT2D eigenvalue weighted by atomic mass is 9.91. The van der Waals surface area contributed by atoms with Gasteiger partial charge in [-0.25, -0.2) is 8.42 Å². The van der Waals surface area contributed by atoms with Gasteiger partial charge in [-0.2, -0.15) is 0 Å². The normalized spacial score (nSPS) is 23.8. The van der Waals surface area contributed by atoms with E-state index < -0.39 is 13.9 Å². The summed E-state index contributed by atoms with van der Waals surface area (Å²) >= 11 is 0. The van der Waals surface area contributed by atoms with E-state index in [1.54, 1.807) is 19.0 Å². The number of rotatable bonds is 2. The van der Waals surface area contributed by atoms with Gasteiger partial charge in [-0.15, -0.1) is 0 Å². The Bertz CT molecular complexity index is 566. The molecule has 1 atom stereocenters. The van der Waals surface area contributed by atoms with Crippen molar-refractivity contribution in [3.05, 3.63) is 41.5 Å². The van der Waals surface area contributed by atoms with Gasteiger partial charge in [-0.1, -0.05) is 36.4 Å². The van der Waals surface area contributed by atoms with Gasteiger partial charge in [0.15, 0.2) is 4.87 Å². The Morgan fingerprint density at radius 3 is 2.53 bits per heavy atom. The lowest BCUT2D eigenvalue weighted by Gasteiger charge is -2.39. The van der Waals surface area contributed by atoms with Crippen LogP contribution < -0.4 is 0 Å². The summed E-state index contributed by atoms with van der Waals surface area (Å²) < 4.78 is 24.0. The Labute approximate surface area is 106 Å². The molecule has 1 unspecified atom stereocenters. The molecule has 3 nitrogen and oxygen atoms in total. The molecule has 1 aliphatic carbocycles. The number of hydrogen-bond acceptors (Lipinski definition) is 3. The van der Waals surface area contributed by atoms with E-state index in [9.17, 15) is 8.42 Å². The first-order valence-electron chi connectivity index (χ1n) is 5.27. The molecule has 0 aliphatic heterocycles. The average Bonchev–Trinajstić information content (AvgIpc) is 2.26. The molecule has 1 aromatic rings. The molecule has 0 amide bonds. The minimum Gasteiger partial charge on any atom is -0.286 e. The molecule has 1 aromatic carbocycles. The van der Waals surface area contributed by atoms with Gasteiger partial charge in [0, 0.05) is 17.1 Å². The Morgan fingerprint density at radius 1 is 1.29 bits per heavy atom. The summed E-state index contributed by atoms with van der Waals surface area (Å²) in [5.74, 6) is 0. The van der Waals surface area contributed by atoms with Crippen molar-refractivity contribution in [3.63, 3.8) is 0 Å². The Morgan fingerprint density at radius 2 is 1.94 bits per heavy atom. The third-order valence-electron chi connectivity index (χ3n) is 3.20. The fraction of sp³-hybridized carbons (Fsp3) is 0.333. The number of halogens is 1. The highest BCUT2D eigenvalue weighted by Gasteiger charge is 2.47. The number of hydrogen-bond donors (Lipinski definition) is 0. The van der Waals surface area contributed by atoms with Gasteiger partial charge < -0.3 is 0 Å². The predicted molar refractivity (Wildman–Crippen MR) is 70.2 cm³/mol. The minimum absolute atomic E-state index is 0.364. The highest BCUT2D eigenvalue weighted by molar-refractivity contribution is 8.14. The van der Waals surface area contributed by atoms with E-state index in [0.29, 0.717) is 6.42 Å². The molecule has 5 heteroatoms. The van der Waals surface area contributed by atoms with Crippen LogP contribution >= 0.6 is 10.7 Å². The maximum atomic E-state index is 12.0. The van der Waals surface area contributed by atoms with Gasteiger partial charge in [0.1, 0.15) is 0 Å². The second kappa shape index (κ2) is 4.12. The summed E-state index contributed by atoms with van der Waals surface area (Å²) in [5.41, 5.74) is 1.64. The monoisotopic (exact) mass is 271 g/mol. The molecule has 2 rings (SSSR count). The summed E-state index contributed by atoms with van der Waals surface area (Å²) in [6.07, 6.45) is 4.14. The van der Waals surface area contributed by atoms with Crippen LogP contribution in [0.1, 0.15) is 17.5 Å². The van der Waals surface area contributed by atoms with Gasteiger partial charge in [-0.05, 0) is 25.2 Å². The molecule has 0 N–H and O–H groups in total. The molecule has 0 fully saturated rings. The van der Waals surface area contributed by atoms with Crippen LogP contribution in [0.25, 0.3) is 6.08 Å². The molecule has 0 radical (unpaired) electrons. The van der Waals surface area contributed by atoms with E-state index in [0.717, 1.165) is 11.1 Å². The lowest BCUT2D eigenvalue weighted by molar-refractivity contribution is 0.246. The second-order valence-electron chi connectivity index (χ2n) is 4.31. The summed E-state index contributed by atoms with van der Waals surface area (Å²) in [6.45, 7) is 0. The third-order valence-corrected chi connectivity index (χ3v) is 5.52. The molecule has 0 aromatic heterocycles. The molecule has 92 valence electrons. The van der Waals surface area contributed by atoms with Gasteiger partial charge >= 0.3 is 0 Å². The van der Waals surface area contributed by atoms with Crippen LogP contribution in [0.2, 0.25) is 0 Å². The van der Waals surface area contributed by atoms with Crippen LogP contribution in [0.5, 0.6) is 0 Å². The van der Waals surface area contributed by atoms with Crippen molar-refractivity contribution < 1.29 is 8.42 Å². The van der Waals surface area contributed by atoms with Crippen molar-refractivity contribution >= 4 is 25.8 Å². The minimum atomic E-state index is -3.75. The maximum Gasteiger partial charge on any atom is 0.256 e. The van der Waals surface area contributed by atoms with Crippen LogP contribution in [0.3, 0.4) is 0 Å². The van der Waals surface area contributed by atoms with Crippen LogP contribution in [-0.4, -0.2) is 27.4 Å². The molecule has 0 bridgehead atoms. The Hall–Kier alpha value is -0.840. The zero-order chi connectivity index (χ0) is 12.7. The van der Waals surface area contributed by atoms with Crippen LogP contribution in [0.15, 0.2) is 30.3 Å². The topological polar surface area (TPSA) is 37.4 Å². The van der Waals surface area contributed by atoms with Gasteiger partial charge in [0.2, 0.25) is 0 Å². The number of benzene rings is 1. The predicted octanol–water partition coefficient (Wildman–Crippen LogP) is 2.39. The van der Waals surface area contributed by atoms with E-state index in [1.165, 1.54) is 0 Å². The quantitative estimate of drug-likeness (QED) is 0.775. The summed E-state index contributed by atoms with van der Waals surface area (Å²) in [6, 6.07) is 7.43. The second-order valence-corrected chi connectivity index (χ2v) is 7.08. The molecule has 0 spiro atoms. The van der Waals surface area contributed by atoms with Crippen LogP contribution in [0, 0.1) is 0 Å². The number of fused-ring (bicyclic) bond motifs is 1. The van der Waals surface area contributed by atoms with Gasteiger partial charge in [0.05, 0.1) is 0 Å². The largest absolute Gasteiger partial charge is 0.286 e. The van der Waals surface area contributed by atoms with Gasteiger partial charge in [-0.3, -0.25) is 4.90 Å². The van der Waals surface area contributed by atoms with Crippen molar-refractivity contribution in [2.75, 3.05) is 14.1 Å². The van der Waals surface area contributed by atoms with E-state index >= 15 is 0 Å². The average molecular weight is 272 g/mol. The Kier molecular flexibility index (Phi) is 3.06. The first-order valence-corrected chi connectivity index (χ1v) is 7.58. The lowest BCUT2D eigenvalue weighted by Crippen LogP contribution is -2.47. The third kappa shape index (κ3) is 1.80. The molecule has 1 aliphatic rings. The van der Waals surface area contributed by atoms with Crippen LogP contribution in [0.4, 0.5) is 0 Å². The highest BCUT2D eigenvalue weighted by Crippen LogP contribution is 2.43. The number of nitrogens with zero attached hydrogens (tertiary/aromatic N) is 1. The molecular weight excluding hydrogens is 258 g/mol. The van der Waals surface area contributed by atoms with E-state index in [2.05, 4.69) is 0 Å². The fourth-order valence-corrected chi connectivity index (χ4v) is 4.36. The van der Waals surface area contributed by atoms with Crippen molar-refractivity contribution in [2.45, 2.75) is 11.3 Å². The standard InChI is InChI=1S/C12H14ClNO2S/c1-14(2)12(17(13,15)16)9-5-7-10-6-3-4-8-11(10)12/h3-8H,9H2,1-2H3. The van der Waals surface area contributed by atoms with E-state index in [1.807, 2.05) is 36.4 Å². The smallest absolute Gasteiger partial charge is 0.256 e. The van der Waals surface area contributed by atoms with Crippen molar-refractivity contribution in [1.29, 1.82) is 0 Å². The maximum absolute atomic E-state index is 12.0. The van der Waals surface area contributed by atoms with Crippen molar-refractivity contribution in [1.82, 2.24) is 4.90 Å². The first-order chi connectivity index (χ1) is 7.89. The van der Waals surface area contributed by atoms with Crippen molar-refractivity contribution in [2.24, 2.45) is 0 Å². The van der Waals surface area contributed by atoms with Crippen LogP contribution in [-0.2, 0) is 13.9 Å². The summed E-state index contributed by atoms with van der Waals surface area (Å²) in [4.78, 5) is 0.498. The van der Waals surface area contributed by atoms with E-state index in [-0.39, 0.29) is 0 Å². The molecule has 0 saturated heterocycles. The highest BCUT2D eigenvalue weighted by atomic mass is 35.7. The summed E-state index contributed by atoms with van der Waals surface area (Å²) in [5, 5.41) is 0. The Balaban J connectivity index is 2.77. The van der Waals surface area contributed by atoms with Crippen molar-refractivity contribution in [3.8, 4) is 0 Å². The molecule has 0 saturated carbocycles. The van der Waals surface area contributed by atoms with E-state index in [4.69, 9.17) is 10.7 Å². The SMILES string of the molecule is CN(C)C1(S(=O)(=O)Cl)CC=Cc2ccccc21. The molecular formula is C12H14ClNO2S.